The van der Waals surface area contributed by atoms with Crippen LogP contribution in [0.3, 0.4) is 0 Å². The van der Waals surface area contributed by atoms with Gasteiger partial charge in [0.1, 0.15) is 11.2 Å². The molecule has 9 aromatic carbocycles. The van der Waals surface area contributed by atoms with Crippen molar-refractivity contribution < 1.29 is 4.42 Å². The summed E-state index contributed by atoms with van der Waals surface area (Å²) in [6, 6.07) is 57.5. The summed E-state index contributed by atoms with van der Waals surface area (Å²) in [5, 5.41) is 9.77. The van der Waals surface area contributed by atoms with E-state index in [1.165, 1.54) is 82.2 Å². The van der Waals surface area contributed by atoms with E-state index < -0.39 is 0 Å². The van der Waals surface area contributed by atoms with Crippen molar-refractivity contribution in [2.45, 2.75) is 19.3 Å². The Kier molecular flexibility index (Phi) is 6.97. The highest BCUT2D eigenvalue weighted by atomic mass is 16.3. The lowest BCUT2D eigenvalue weighted by Crippen LogP contribution is -2.15. The van der Waals surface area contributed by atoms with Crippen molar-refractivity contribution in [3.63, 3.8) is 0 Å². The van der Waals surface area contributed by atoms with Gasteiger partial charge < -0.3 is 4.42 Å². The molecule has 0 fully saturated rings. The van der Waals surface area contributed by atoms with Gasteiger partial charge in [0.05, 0.1) is 0 Å². The average molecular weight is 715 g/mol. The van der Waals surface area contributed by atoms with Crippen molar-refractivity contribution in [2.75, 3.05) is 0 Å². The normalized spacial score (nSPS) is 13.1. The lowest BCUT2D eigenvalue weighted by Gasteiger charge is -2.23. The van der Waals surface area contributed by atoms with Gasteiger partial charge in [0, 0.05) is 21.6 Å². The molecule has 264 valence electrons. The van der Waals surface area contributed by atoms with Crippen molar-refractivity contribution in [3.8, 4) is 44.5 Å². The van der Waals surface area contributed by atoms with Gasteiger partial charge in [-0.2, -0.15) is 0 Å². The van der Waals surface area contributed by atoms with Gasteiger partial charge in [-0.3, -0.25) is 0 Å². The number of furan rings is 1. The van der Waals surface area contributed by atoms with Gasteiger partial charge in [0.25, 0.3) is 0 Å². The zero-order chi connectivity index (χ0) is 37.7. The molecular formula is C55H38O. The van der Waals surface area contributed by atoms with Gasteiger partial charge in [-0.15, -0.1) is 0 Å². The van der Waals surface area contributed by atoms with E-state index in [9.17, 15) is 0 Å². The predicted molar refractivity (Wildman–Crippen MR) is 240 cm³/mol. The van der Waals surface area contributed by atoms with Crippen LogP contribution in [0.2, 0.25) is 0 Å². The van der Waals surface area contributed by atoms with Gasteiger partial charge in [0.15, 0.2) is 0 Å². The van der Waals surface area contributed by atoms with Crippen LogP contribution in [0, 0.1) is 0 Å². The molecule has 1 aliphatic carbocycles. The van der Waals surface area contributed by atoms with Crippen molar-refractivity contribution in [3.05, 3.63) is 193 Å². The Balaban J connectivity index is 1.17. The predicted octanol–water partition coefficient (Wildman–Crippen LogP) is 15.6. The number of benzene rings is 9. The third kappa shape index (κ3) is 4.43. The molecule has 0 radical (unpaired) electrons. The summed E-state index contributed by atoms with van der Waals surface area (Å²) in [6.45, 7) is 13.4. The van der Waals surface area contributed by atoms with Crippen LogP contribution >= 0.6 is 0 Å². The van der Waals surface area contributed by atoms with Gasteiger partial charge in [-0.25, -0.2) is 0 Å². The molecule has 0 spiro atoms. The van der Waals surface area contributed by atoms with E-state index in [4.69, 9.17) is 4.42 Å². The summed E-state index contributed by atoms with van der Waals surface area (Å²) < 4.78 is 6.40. The SMILES string of the molecule is C=Cc1c(-c2ccccc2)ccc(-c2c3ccccc3c(-c3ccc4c(c3)C(C)(C)c3ccc5ccc6oc7ccccc7c6c5c3-4)c3ccccc23)c1C=C. The van der Waals surface area contributed by atoms with E-state index in [0.29, 0.717) is 0 Å². The Morgan fingerprint density at radius 1 is 0.429 bits per heavy atom. The Labute approximate surface area is 326 Å². The number of hydrogen-bond donors (Lipinski definition) is 0. The van der Waals surface area contributed by atoms with Crippen LogP contribution in [0.25, 0.3) is 111 Å². The first-order chi connectivity index (χ1) is 27.5. The Morgan fingerprint density at radius 2 is 1.00 bits per heavy atom. The summed E-state index contributed by atoms with van der Waals surface area (Å²) in [6.07, 6.45) is 3.98. The number of para-hydroxylation sites is 1. The number of rotatable bonds is 5. The second kappa shape index (κ2) is 12.0. The van der Waals surface area contributed by atoms with Crippen LogP contribution in [0.5, 0.6) is 0 Å². The van der Waals surface area contributed by atoms with Crippen LogP contribution in [0.1, 0.15) is 36.1 Å². The highest BCUT2D eigenvalue weighted by Gasteiger charge is 2.37. The smallest absolute Gasteiger partial charge is 0.136 e. The molecular weight excluding hydrogens is 677 g/mol. The van der Waals surface area contributed by atoms with E-state index in [1.54, 1.807) is 0 Å². The fraction of sp³-hybridized carbons (Fsp3) is 0.0545. The molecule has 0 bridgehead atoms. The highest BCUT2D eigenvalue weighted by molar-refractivity contribution is 6.25. The summed E-state index contributed by atoms with van der Waals surface area (Å²) in [5.74, 6) is 0. The highest BCUT2D eigenvalue weighted by Crippen LogP contribution is 2.55. The Morgan fingerprint density at radius 3 is 1.70 bits per heavy atom. The third-order valence-corrected chi connectivity index (χ3v) is 12.4. The molecule has 1 nitrogen and oxygen atoms in total. The van der Waals surface area contributed by atoms with Gasteiger partial charge in [0.2, 0.25) is 0 Å². The maximum atomic E-state index is 6.40. The molecule has 1 heterocycles. The second-order valence-corrected chi connectivity index (χ2v) is 15.6. The summed E-state index contributed by atoms with van der Waals surface area (Å²) in [4.78, 5) is 0. The lowest BCUT2D eigenvalue weighted by atomic mass is 9.79. The van der Waals surface area contributed by atoms with Gasteiger partial charge in [-0.05, 0) is 112 Å². The minimum atomic E-state index is -0.206. The van der Waals surface area contributed by atoms with Crippen molar-refractivity contribution in [2.24, 2.45) is 0 Å². The van der Waals surface area contributed by atoms with Crippen LogP contribution < -0.4 is 0 Å². The van der Waals surface area contributed by atoms with Crippen LogP contribution in [-0.2, 0) is 5.41 Å². The molecule has 0 atom stereocenters. The zero-order valence-corrected chi connectivity index (χ0v) is 31.5. The Bertz CT molecular complexity index is 3240. The van der Waals surface area contributed by atoms with Crippen molar-refractivity contribution >= 4 is 66.4 Å². The molecule has 11 rings (SSSR count). The molecule has 0 amide bonds. The molecule has 1 aliphatic rings. The number of fused-ring (bicyclic) bond motifs is 11. The van der Waals surface area contributed by atoms with E-state index in [1.807, 2.05) is 12.2 Å². The molecule has 56 heavy (non-hydrogen) atoms. The van der Waals surface area contributed by atoms with E-state index in [-0.39, 0.29) is 5.41 Å². The van der Waals surface area contributed by atoms with Crippen LogP contribution in [-0.4, -0.2) is 0 Å². The molecule has 0 aliphatic heterocycles. The second-order valence-electron chi connectivity index (χ2n) is 15.6. The van der Waals surface area contributed by atoms with Crippen LogP contribution in [0.15, 0.2) is 175 Å². The number of hydrogen-bond acceptors (Lipinski definition) is 1. The average Bonchev–Trinajstić information content (AvgIpc) is 3.74. The summed E-state index contributed by atoms with van der Waals surface area (Å²) in [5.41, 5.74) is 16.3. The molecule has 0 saturated carbocycles. The molecule has 10 aromatic rings. The minimum Gasteiger partial charge on any atom is -0.456 e. The first kappa shape index (κ1) is 32.5. The van der Waals surface area contributed by atoms with Crippen molar-refractivity contribution in [1.82, 2.24) is 0 Å². The molecule has 0 unspecified atom stereocenters. The first-order valence-electron chi connectivity index (χ1n) is 19.4. The zero-order valence-electron chi connectivity index (χ0n) is 31.5. The molecule has 0 saturated heterocycles. The van der Waals surface area contributed by atoms with E-state index in [0.717, 1.165) is 38.8 Å². The van der Waals surface area contributed by atoms with E-state index in [2.05, 4.69) is 185 Å². The largest absolute Gasteiger partial charge is 0.456 e. The molecule has 0 N–H and O–H groups in total. The summed E-state index contributed by atoms with van der Waals surface area (Å²) >= 11 is 0. The maximum absolute atomic E-state index is 6.40. The van der Waals surface area contributed by atoms with Crippen molar-refractivity contribution in [1.29, 1.82) is 0 Å². The van der Waals surface area contributed by atoms with Crippen LogP contribution in [0.4, 0.5) is 0 Å². The molecule has 1 heteroatoms. The van der Waals surface area contributed by atoms with E-state index >= 15 is 0 Å². The summed E-state index contributed by atoms with van der Waals surface area (Å²) in [7, 11) is 0. The quantitative estimate of drug-likeness (QED) is 0.162. The molecule has 1 aromatic heterocycles. The van der Waals surface area contributed by atoms with Gasteiger partial charge >= 0.3 is 0 Å². The minimum absolute atomic E-state index is 0.206. The fourth-order valence-corrected chi connectivity index (χ4v) is 9.91. The fourth-order valence-electron chi connectivity index (χ4n) is 9.91. The monoisotopic (exact) mass is 714 g/mol. The first-order valence-corrected chi connectivity index (χ1v) is 19.4. The Hall–Kier alpha value is -6.96. The maximum Gasteiger partial charge on any atom is 0.136 e. The standard InChI is InChI=1S/C55H38O/c1-5-36-37(6-2)43(29-28-38(36)33-16-8-7-9-17-33)52-41-20-12-10-18-39(41)50(40-19-11-13-21-42(40)52)35-24-27-44-47(32-35)55(3,4)46-30-25-34-26-31-49-54(51(34)53(44)46)45-22-14-15-23-48(45)56-49/h5-32H,1-2H2,3-4H3. The van der Waals surface area contributed by atoms with Gasteiger partial charge in [-0.1, -0.05) is 179 Å². The third-order valence-electron chi connectivity index (χ3n) is 12.4. The lowest BCUT2D eigenvalue weighted by molar-refractivity contribution is 0.661. The topological polar surface area (TPSA) is 13.1 Å².